The predicted molar refractivity (Wildman–Crippen MR) is 97.8 cm³/mol. The molecule has 0 aliphatic rings. The summed E-state index contributed by atoms with van der Waals surface area (Å²) >= 11 is 1.14. The second kappa shape index (κ2) is 7.40. The smallest absolute Gasteiger partial charge is 0.325 e. The number of urea groups is 1. The number of hydrogen-bond donors (Lipinski definition) is 2. The zero-order valence-electron chi connectivity index (χ0n) is 13.8. The molecule has 6 nitrogen and oxygen atoms in total. The van der Waals surface area contributed by atoms with Gasteiger partial charge in [-0.1, -0.05) is 41.6 Å². The van der Waals surface area contributed by atoms with Crippen LogP contribution in [0.3, 0.4) is 0 Å². The number of benzene rings is 2. The maximum Gasteiger partial charge on any atom is 0.325 e. The molecule has 0 atom stereocenters. The molecule has 0 spiro atoms. The van der Waals surface area contributed by atoms with Gasteiger partial charge in [0.15, 0.2) is 5.58 Å². The quantitative estimate of drug-likeness (QED) is 0.694. The number of anilines is 1. The Bertz CT molecular complexity index is 903. The van der Waals surface area contributed by atoms with Gasteiger partial charge in [-0.15, -0.1) is 0 Å². The molecular formula is C18H17N3O3S. The Morgan fingerprint density at radius 1 is 1.16 bits per heavy atom. The van der Waals surface area contributed by atoms with Crippen molar-refractivity contribution in [1.82, 2.24) is 10.3 Å². The van der Waals surface area contributed by atoms with Crippen molar-refractivity contribution in [3.05, 3.63) is 53.6 Å². The van der Waals surface area contributed by atoms with Crippen LogP contribution < -0.4 is 10.6 Å². The molecule has 0 fully saturated rings. The van der Waals surface area contributed by atoms with Crippen LogP contribution >= 0.6 is 11.8 Å². The van der Waals surface area contributed by atoms with Crippen molar-refractivity contribution in [1.29, 1.82) is 0 Å². The summed E-state index contributed by atoms with van der Waals surface area (Å²) < 4.78 is 5.52. The number of para-hydroxylation sites is 2. The molecule has 128 valence electrons. The van der Waals surface area contributed by atoms with Gasteiger partial charge in [0.1, 0.15) is 5.52 Å². The van der Waals surface area contributed by atoms with E-state index in [2.05, 4.69) is 15.6 Å². The van der Waals surface area contributed by atoms with Crippen molar-refractivity contribution in [2.45, 2.75) is 19.1 Å². The van der Waals surface area contributed by atoms with Crippen LogP contribution in [-0.4, -0.2) is 22.7 Å². The zero-order chi connectivity index (χ0) is 17.8. The number of fused-ring (bicyclic) bond motifs is 1. The number of hydrogen-bond acceptors (Lipinski definition) is 5. The second-order valence-electron chi connectivity index (χ2n) is 5.56. The lowest BCUT2D eigenvalue weighted by Crippen LogP contribution is -2.35. The summed E-state index contributed by atoms with van der Waals surface area (Å²) in [4.78, 5) is 28.1. The molecule has 0 unspecified atom stereocenters. The van der Waals surface area contributed by atoms with Gasteiger partial charge in [-0.25, -0.2) is 9.78 Å². The molecule has 2 N–H and O–H groups in total. The Hall–Kier alpha value is -2.80. The van der Waals surface area contributed by atoms with Crippen molar-refractivity contribution < 1.29 is 14.0 Å². The minimum absolute atomic E-state index is 0.0348. The van der Waals surface area contributed by atoms with Crippen molar-refractivity contribution in [2.75, 3.05) is 11.1 Å². The Balaban J connectivity index is 1.52. The molecule has 7 heteroatoms. The number of thioether (sulfide) groups is 1. The highest BCUT2D eigenvalue weighted by atomic mass is 32.2. The Kier molecular flexibility index (Phi) is 5.04. The topological polar surface area (TPSA) is 84.2 Å². The number of oxazole rings is 1. The van der Waals surface area contributed by atoms with Gasteiger partial charge >= 0.3 is 6.03 Å². The normalized spacial score (nSPS) is 10.6. The first-order valence-corrected chi connectivity index (χ1v) is 8.66. The first-order valence-electron chi connectivity index (χ1n) is 7.68. The average Bonchev–Trinajstić information content (AvgIpc) is 2.98. The highest BCUT2D eigenvalue weighted by molar-refractivity contribution is 7.99. The lowest BCUT2D eigenvalue weighted by molar-refractivity contribution is -0.117. The number of aromatic nitrogens is 1. The van der Waals surface area contributed by atoms with E-state index in [1.807, 2.05) is 56.3 Å². The van der Waals surface area contributed by atoms with Gasteiger partial charge in [-0.2, -0.15) is 0 Å². The van der Waals surface area contributed by atoms with Crippen molar-refractivity contribution in [2.24, 2.45) is 0 Å². The summed E-state index contributed by atoms with van der Waals surface area (Å²) in [5.74, 6) is -0.387. The molecule has 3 rings (SSSR count). The highest BCUT2D eigenvalue weighted by Crippen LogP contribution is 2.22. The van der Waals surface area contributed by atoms with Crippen LogP contribution in [0.15, 0.2) is 52.1 Å². The summed E-state index contributed by atoms with van der Waals surface area (Å²) in [6, 6.07) is 12.5. The van der Waals surface area contributed by atoms with Gasteiger partial charge in [0.25, 0.3) is 5.22 Å². The molecule has 25 heavy (non-hydrogen) atoms. The molecular weight excluding hydrogens is 338 g/mol. The van der Waals surface area contributed by atoms with Gasteiger partial charge in [-0.3, -0.25) is 10.1 Å². The summed E-state index contributed by atoms with van der Waals surface area (Å²) in [5, 5.41) is 5.36. The standard InChI is InChI=1S/C18H17N3O3S/c1-11-7-8-13(12(2)9-11)19-17(23)21-16(22)10-25-18-20-14-5-3-4-6-15(14)24-18/h3-9H,10H2,1-2H3,(H2,19,21,22,23). The Morgan fingerprint density at radius 2 is 1.96 bits per heavy atom. The number of rotatable bonds is 4. The SMILES string of the molecule is Cc1ccc(NC(=O)NC(=O)CSc2nc3ccccc3o2)c(C)c1. The van der Waals surface area contributed by atoms with Gasteiger partial charge in [0.05, 0.1) is 5.75 Å². The van der Waals surface area contributed by atoms with Gasteiger partial charge < -0.3 is 9.73 Å². The van der Waals surface area contributed by atoms with E-state index in [0.29, 0.717) is 16.5 Å². The van der Waals surface area contributed by atoms with Crippen LogP contribution in [0.1, 0.15) is 11.1 Å². The molecule has 0 saturated carbocycles. The summed E-state index contributed by atoms with van der Waals surface area (Å²) in [6.45, 7) is 3.87. The van der Waals surface area contributed by atoms with E-state index in [1.165, 1.54) is 0 Å². The van der Waals surface area contributed by atoms with E-state index in [4.69, 9.17) is 4.42 Å². The highest BCUT2D eigenvalue weighted by Gasteiger charge is 2.12. The third-order valence-corrected chi connectivity index (χ3v) is 4.31. The molecule has 2 aromatic carbocycles. The van der Waals surface area contributed by atoms with Gasteiger partial charge in [0, 0.05) is 5.69 Å². The minimum Gasteiger partial charge on any atom is -0.431 e. The Morgan fingerprint density at radius 3 is 2.72 bits per heavy atom. The molecule has 0 aliphatic carbocycles. The fourth-order valence-corrected chi connectivity index (χ4v) is 2.95. The van der Waals surface area contributed by atoms with E-state index in [1.54, 1.807) is 0 Å². The molecule has 0 aliphatic heterocycles. The van der Waals surface area contributed by atoms with E-state index in [0.717, 1.165) is 28.4 Å². The number of aryl methyl sites for hydroxylation is 2. The molecule has 1 aromatic heterocycles. The average molecular weight is 355 g/mol. The molecule has 0 saturated heterocycles. The summed E-state index contributed by atoms with van der Waals surface area (Å²) in [5.41, 5.74) is 4.11. The van der Waals surface area contributed by atoms with E-state index in [-0.39, 0.29) is 5.75 Å². The lowest BCUT2D eigenvalue weighted by atomic mass is 10.1. The van der Waals surface area contributed by atoms with E-state index >= 15 is 0 Å². The molecule has 3 aromatic rings. The minimum atomic E-state index is -0.560. The van der Waals surface area contributed by atoms with Crippen LogP contribution in [0.5, 0.6) is 0 Å². The first-order chi connectivity index (χ1) is 12.0. The molecule has 0 radical (unpaired) electrons. The van der Waals surface area contributed by atoms with Crippen molar-refractivity contribution >= 4 is 40.5 Å². The van der Waals surface area contributed by atoms with Crippen molar-refractivity contribution in [3.63, 3.8) is 0 Å². The molecule has 1 heterocycles. The maximum absolute atomic E-state index is 11.9. The van der Waals surface area contributed by atoms with Crippen LogP contribution in [0, 0.1) is 13.8 Å². The fourth-order valence-electron chi connectivity index (χ4n) is 2.31. The predicted octanol–water partition coefficient (Wildman–Crippen LogP) is 3.89. The number of amides is 3. The number of carbonyl (C=O) groups is 2. The van der Waals surface area contributed by atoms with Crippen LogP contribution in [0.4, 0.5) is 10.5 Å². The fraction of sp³-hybridized carbons (Fsp3) is 0.167. The van der Waals surface area contributed by atoms with Crippen LogP contribution in [0.2, 0.25) is 0 Å². The van der Waals surface area contributed by atoms with Crippen LogP contribution in [-0.2, 0) is 4.79 Å². The Labute approximate surface area is 149 Å². The largest absolute Gasteiger partial charge is 0.431 e. The van der Waals surface area contributed by atoms with E-state index in [9.17, 15) is 9.59 Å². The van der Waals surface area contributed by atoms with Crippen molar-refractivity contribution in [3.8, 4) is 0 Å². The van der Waals surface area contributed by atoms with Crippen LogP contribution in [0.25, 0.3) is 11.1 Å². The summed E-state index contributed by atoms with van der Waals surface area (Å²) in [6.07, 6.45) is 0. The second-order valence-corrected chi connectivity index (χ2v) is 6.48. The monoisotopic (exact) mass is 355 g/mol. The number of nitrogens with zero attached hydrogens (tertiary/aromatic N) is 1. The summed E-state index contributed by atoms with van der Waals surface area (Å²) in [7, 11) is 0. The first kappa shape index (κ1) is 17.0. The third-order valence-electron chi connectivity index (χ3n) is 3.48. The third kappa shape index (κ3) is 4.39. The molecule has 0 bridgehead atoms. The maximum atomic E-state index is 11.9. The van der Waals surface area contributed by atoms with Gasteiger partial charge in [-0.05, 0) is 37.6 Å². The van der Waals surface area contributed by atoms with E-state index < -0.39 is 11.9 Å². The molecule has 3 amide bonds. The number of imide groups is 1. The zero-order valence-corrected chi connectivity index (χ0v) is 14.6. The number of carbonyl (C=O) groups excluding carboxylic acids is 2. The number of nitrogens with one attached hydrogen (secondary N) is 2. The lowest BCUT2D eigenvalue weighted by Gasteiger charge is -2.09. The van der Waals surface area contributed by atoms with Gasteiger partial charge in [0.2, 0.25) is 5.91 Å².